The first-order chi connectivity index (χ1) is 13.1. The predicted molar refractivity (Wildman–Crippen MR) is 103 cm³/mol. The highest BCUT2D eigenvalue weighted by atomic mass is 16.2. The zero-order chi connectivity index (χ0) is 18.5. The molecule has 8 nitrogen and oxygen atoms in total. The molecule has 3 aromatic heterocycles. The zero-order valence-corrected chi connectivity index (χ0v) is 15.5. The van der Waals surface area contributed by atoms with Crippen LogP contribution >= 0.6 is 0 Å². The Kier molecular flexibility index (Phi) is 3.82. The molecule has 2 saturated heterocycles. The van der Waals surface area contributed by atoms with E-state index in [1.807, 2.05) is 34.5 Å². The Hall–Kier alpha value is -2.61. The van der Waals surface area contributed by atoms with Gasteiger partial charge >= 0.3 is 6.03 Å². The molecule has 2 aliphatic heterocycles. The van der Waals surface area contributed by atoms with Gasteiger partial charge in [0.05, 0.1) is 23.4 Å². The summed E-state index contributed by atoms with van der Waals surface area (Å²) < 4.78 is 2.18. The molecule has 0 aromatic carbocycles. The number of rotatable bonds is 1. The van der Waals surface area contributed by atoms with Crippen LogP contribution in [0.15, 0.2) is 24.7 Å². The predicted octanol–water partition coefficient (Wildman–Crippen LogP) is 1.79. The molecule has 2 amide bonds. The van der Waals surface area contributed by atoms with E-state index in [2.05, 4.69) is 21.3 Å². The van der Waals surface area contributed by atoms with E-state index in [4.69, 9.17) is 10.7 Å². The van der Waals surface area contributed by atoms with Crippen molar-refractivity contribution in [1.29, 1.82) is 0 Å². The average Bonchev–Trinajstić information content (AvgIpc) is 3.39. The van der Waals surface area contributed by atoms with Gasteiger partial charge in [-0.25, -0.2) is 14.8 Å². The summed E-state index contributed by atoms with van der Waals surface area (Å²) >= 11 is 0. The van der Waals surface area contributed by atoms with Gasteiger partial charge in [-0.15, -0.1) is 0 Å². The number of likely N-dealkylation sites (tertiary alicyclic amines) is 2. The van der Waals surface area contributed by atoms with Gasteiger partial charge in [-0.2, -0.15) is 0 Å². The molecule has 5 heterocycles. The second-order valence-corrected chi connectivity index (χ2v) is 7.94. The molecular weight excluding hydrogens is 342 g/mol. The number of nitrogens with two attached hydrogens (primary N) is 1. The van der Waals surface area contributed by atoms with Gasteiger partial charge in [-0.1, -0.05) is 6.92 Å². The van der Waals surface area contributed by atoms with Crippen LogP contribution in [0.25, 0.3) is 16.7 Å². The number of fused-ring (bicyclic) bond motifs is 3. The van der Waals surface area contributed by atoms with Gasteiger partial charge in [0, 0.05) is 44.3 Å². The Morgan fingerprint density at radius 2 is 1.96 bits per heavy atom. The number of amides is 2. The van der Waals surface area contributed by atoms with Crippen molar-refractivity contribution in [3.05, 3.63) is 30.5 Å². The summed E-state index contributed by atoms with van der Waals surface area (Å²) in [7, 11) is 0. The minimum Gasteiger partial charge on any atom is -0.345 e. The van der Waals surface area contributed by atoms with Gasteiger partial charge in [0.15, 0.2) is 5.65 Å². The Balaban J connectivity index is 1.48. The van der Waals surface area contributed by atoms with Crippen molar-refractivity contribution < 1.29 is 4.79 Å². The fourth-order valence-electron chi connectivity index (χ4n) is 4.50. The van der Waals surface area contributed by atoms with E-state index in [0.717, 1.165) is 48.4 Å². The van der Waals surface area contributed by atoms with Gasteiger partial charge in [-0.3, -0.25) is 4.40 Å². The fourth-order valence-corrected chi connectivity index (χ4v) is 4.50. The molecule has 0 unspecified atom stereocenters. The summed E-state index contributed by atoms with van der Waals surface area (Å²) in [6.45, 7) is 5.18. The molecule has 3 aromatic rings. The number of hydrogen-bond acceptors (Lipinski definition) is 4. The number of nitrogens with zero attached hydrogens (tertiary/aromatic N) is 5. The molecule has 2 fully saturated rings. The van der Waals surface area contributed by atoms with E-state index >= 15 is 0 Å². The Labute approximate surface area is 157 Å². The highest BCUT2D eigenvalue weighted by Gasteiger charge is 2.35. The normalized spacial score (nSPS) is 26.4. The Morgan fingerprint density at radius 1 is 1.19 bits per heavy atom. The largest absolute Gasteiger partial charge is 0.345 e. The number of nitrogens with one attached hydrogen (secondary N) is 1. The molecule has 142 valence electrons. The number of urea groups is 1. The lowest BCUT2D eigenvalue weighted by Crippen LogP contribution is -2.48. The number of H-pyrrole nitrogens is 1. The number of piperidine rings is 1. The second kappa shape index (κ2) is 6.23. The van der Waals surface area contributed by atoms with Crippen LogP contribution in [0.2, 0.25) is 0 Å². The molecule has 0 saturated carbocycles. The maximum Gasteiger partial charge on any atom is 0.320 e. The van der Waals surface area contributed by atoms with Crippen LogP contribution < -0.4 is 5.73 Å². The summed E-state index contributed by atoms with van der Waals surface area (Å²) in [4.78, 5) is 29.2. The topological polar surface area (TPSA) is 95.6 Å². The molecule has 2 aliphatic rings. The SMILES string of the molecule is C[C@@H]1CCN(C(=O)N2CC[C@@H](N)C2)C[C@@H]1c1ncc2cnc3[nH]ccc3n12. The van der Waals surface area contributed by atoms with E-state index in [1.54, 1.807) is 0 Å². The summed E-state index contributed by atoms with van der Waals surface area (Å²) in [6.07, 6.45) is 7.49. The third-order valence-corrected chi connectivity index (χ3v) is 6.14. The standard InChI is InChI=1S/C19H25N7O/c1-12-3-6-25(19(27)24-7-4-13(20)10-24)11-15(12)18-23-9-14-8-22-17-16(26(14)18)2-5-21-17/h2,5,8-9,12-13,15,21H,3-4,6-7,10-11,20H2,1H3/t12-,13-,15+/m1/s1. The van der Waals surface area contributed by atoms with Crippen molar-refractivity contribution in [3.8, 4) is 0 Å². The van der Waals surface area contributed by atoms with Crippen molar-refractivity contribution in [2.75, 3.05) is 26.2 Å². The first-order valence-corrected chi connectivity index (χ1v) is 9.70. The van der Waals surface area contributed by atoms with Crippen molar-refractivity contribution in [3.63, 3.8) is 0 Å². The highest BCUT2D eigenvalue weighted by Crippen LogP contribution is 2.33. The van der Waals surface area contributed by atoms with Crippen LogP contribution in [-0.4, -0.2) is 67.4 Å². The summed E-state index contributed by atoms with van der Waals surface area (Å²) in [5, 5.41) is 0. The molecule has 0 spiro atoms. The maximum absolute atomic E-state index is 13.0. The van der Waals surface area contributed by atoms with Crippen molar-refractivity contribution >= 4 is 22.7 Å². The first-order valence-electron chi connectivity index (χ1n) is 9.70. The van der Waals surface area contributed by atoms with Crippen LogP contribution in [0.3, 0.4) is 0 Å². The van der Waals surface area contributed by atoms with Gasteiger partial charge in [0.1, 0.15) is 5.82 Å². The lowest BCUT2D eigenvalue weighted by Gasteiger charge is -2.38. The Morgan fingerprint density at radius 3 is 2.78 bits per heavy atom. The molecule has 0 radical (unpaired) electrons. The number of aromatic nitrogens is 4. The maximum atomic E-state index is 13.0. The third kappa shape index (κ3) is 2.66. The minimum atomic E-state index is 0.110. The van der Waals surface area contributed by atoms with Crippen LogP contribution in [0, 0.1) is 5.92 Å². The van der Waals surface area contributed by atoms with Gasteiger partial charge < -0.3 is 20.5 Å². The lowest BCUT2D eigenvalue weighted by molar-refractivity contribution is 0.131. The minimum absolute atomic E-state index is 0.110. The number of carbonyl (C=O) groups excluding carboxylic acids is 1. The number of hydrogen-bond donors (Lipinski definition) is 2. The molecule has 0 aliphatic carbocycles. The molecule has 0 bridgehead atoms. The van der Waals surface area contributed by atoms with Gasteiger partial charge in [0.2, 0.25) is 0 Å². The van der Waals surface area contributed by atoms with Crippen LogP contribution in [0.4, 0.5) is 4.79 Å². The highest BCUT2D eigenvalue weighted by molar-refractivity contribution is 5.76. The molecule has 27 heavy (non-hydrogen) atoms. The van der Waals surface area contributed by atoms with E-state index < -0.39 is 0 Å². The monoisotopic (exact) mass is 367 g/mol. The van der Waals surface area contributed by atoms with E-state index in [1.165, 1.54) is 0 Å². The molecule has 5 rings (SSSR count). The van der Waals surface area contributed by atoms with E-state index in [-0.39, 0.29) is 18.0 Å². The fraction of sp³-hybridized carbons (Fsp3) is 0.526. The molecule has 3 atom stereocenters. The summed E-state index contributed by atoms with van der Waals surface area (Å²) in [6, 6.07) is 2.26. The third-order valence-electron chi connectivity index (χ3n) is 6.14. The van der Waals surface area contributed by atoms with E-state index in [9.17, 15) is 4.79 Å². The zero-order valence-electron chi connectivity index (χ0n) is 15.5. The molecule has 3 N–H and O–H groups in total. The van der Waals surface area contributed by atoms with Crippen molar-refractivity contribution in [1.82, 2.24) is 29.2 Å². The second-order valence-electron chi connectivity index (χ2n) is 7.94. The van der Waals surface area contributed by atoms with E-state index in [0.29, 0.717) is 19.0 Å². The van der Waals surface area contributed by atoms with Gasteiger partial charge in [-0.05, 0) is 24.8 Å². The molecular formula is C19H25N7O. The van der Waals surface area contributed by atoms with Crippen molar-refractivity contribution in [2.45, 2.75) is 31.7 Å². The van der Waals surface area contributed by atoms with Crippen LogP contribution in [0.5, 0.6) is 0 Å². The smallest absolute Gasteiger partial charge is 0.320 e. The van der Waals surface area contributed by atoms with Gasteiger partial charge in [0.25, 0.3) is 0 Å². The average molecular weight is 367 g/mol. The number of aromatic amines is 1. The first kappa shape index (κ1) is 16.6. The lowest BCUT2D eigenvalue weighted by atomic mass is 9.86. The quantitative estimate of drug-likeness (QED) is 0.685. The number of carbonyl (C=O) groups is 1. The number of imidazole rings is 1. The van der Waals surface area contributed by atoms with Crippen molar-refractivity contribution in [2.24, 2.45) is 11.7 Å². The summed E-state index contributed by atoms with van der Waals surface area (Å²) in [5.74, 6) is 1.67. The Bertz CT molecular complexity index is 992. The van der Waals surface area contributed by atoms with Crippen LogP contribution in [-0.2, 0) is 0 Å². The summed E-state index contributed by atoms with van der Waals surface area (Å²) in [5.41, 5.74) is 8.85. The van der Waals surface area contributed by atoms with Crippen LogP contribution in [0.1, 0.15) is 31.5 Å². The molecule has 8 heteroatoms.